The smallest absolute Gasteiger partial charge is 0.374 e. The third-order valence-electron chi connectivity index (χ3n) is 0.249. The lowest BCUT2D eigenvalue weighted by atomic mass is 10.8. The van der Waals surface area contributed by atoms with E-state index in [1.165, 1.54) is 0 Å². The van der Waals surface area contributed by atoms with Crippen LogP contribution in [0.15, 0.2) is 11.5 Å². The summed E-state index contributed by atoms with van der Waals surface area (Å²) in [5.41, 5.74) is -0.821. The fourth-order valence-corrected chi connectivity index (χ4v) is 0.406. The predicted octanol–water partition coefficient (Wildman–Crippen LogP) is 2.54. The standard InChI is InChI=1S/C4H5ClO2S/c1-3(2)8-7-4(5)6/h1H2,2H3. The van der Waals surface area contributed by atoms with E-state index >= 15 is 0 Å². The molecule has 0 fully saturated rings. The number of halogens is 1. The summed E-state index contributed by atoms with van der Waals surface area (Å²) >= 11 is 5.66. The van der Waals surface area contributed by atoms with Crippen molar-refractivity contribution in [3.63, 3.8) is 0 Å². The molecule has 8 heavy (non-hydrogen) atoms. The van der Waals surface area contributed by atoms with Gasteiger partial charge in [-0.25, -0.2) is 4.79 Å². The van der Waals surface area contributed by atoms with E-state index in [0.717, 1.165) is 12.0 Å². The zero-order chi connectivity index (χ0) is 6.57. The van der Waals surface area contributed by atoms with Gasteiger partial charge in [0.2, 0.25) is 0 Å². The maximum Gasteiger partial charge on any atom is 0.416 e. The number of hydrogen-bond acceptors (Lipinski definition) is 3. The molecule has 2 nitrogen and oxygen atoms in total. The molecule has 0 saturated carbocycles. The van der Waals surface area contributed by atoms with Crippen LogP contribution in [0.4, 0.5) is 4.79 Å². The molecule has 0 aliphatic heterocycles. The lowest BCUT2D eigenvalue weighted by Crippen LogP contribution is -1.80. The number of hydrogen-bond donors (Lipinski definition) is 0. The van der Waals surface area contributed by atoms with Gasteiger partial charge in [-0.3, -0.25) is 0 Å². The Morgan fingerprint density at radius 2 is 2.38 bits per heavy atom. The molecule has 46 valence electrons. The number of carbonyl (C=O) groups excluding carboxylic acids is 1. The molecule has 0 bridgehead atoms. The molecule has 0 aromatic heterocycles. The topological polar surface area (TPSA) is 26.3 Å². The molecule has 0 heterocycles. The summed E-state index contributed by atoms with van der Waals surface area (Å²) in [7, 11) is 0. The average Bonchev–Trinajstić information content (AvgIpc) is 1.61. The Bertz CT molecular complexity index is 98.6. The maximum absolute atomic E-state index is 9.83. The normalized spacial score (nSPS) is 8.25. The van der Waals surface area contributed by atoms with Crippen molar-refractivity contribution in [1.29, 1.82) is 0 Å². The molecule has 0 spiro atoms. The highest BCUT2D eigenvalue weighted by Gasteiger charge is 1.94. The molecule has 0 unspecified atom stereocenters. The first-order valence-corrected chi connectivity index (χ1v) is 2.94. The van der Waals surface area contributed by atoms with Gasteiger partial charge < -0.3 is 4.18 Å². The molecule has 0 aromatic carbocycles. The highest BCUT2D eigenvalue weighted by atomic mass is 35.5. The van der Waals surface area contributed by atoms with Crippen molar-refractivity contribution in [1.82, 2.24) is 0 Å². The molecule has 0 atom stereocenters. The highest BCUT2D eigenvalue weighted by molar-refractivity contribution is 7.98. The molecule has 0 N–H and O–H groups in total. The molecule has 0 aromatic rings. The summed E-state index contributed by atoms with van der Waals surface area (Å²) in [4.78, 5) is 10.5. The second-order valence-corrected chi connectivity index (χ2v) is 2.45. The summed E-state index contributed by atoms with van der Waals surface area (Å²) in [5, 5.41) is 0. The molecule has 0 amide bonds. The van der Waals surface area contributed by atoms with E-state index in [1.807, 2.05) is 0 Å². The van der Waals surface area contributed by atoms with Crippen molar-refractivity contribution in [2.24, 2.45) is 0 Å². The molecule has 0 aliphatic rings. The predicted molar refractivity (Wildman–Crippen MR) is 34.7 cm³/mol. The molecule has 4 heteroatoms. The van der Waals surface area contributed by atoms with Gasteiger partial charge in [-0.1, -0.05) is 6.58 Å². The van der Waals surface area contributed by atoms with E-state index in [1.54, 1.807) is 6.92 Å². The quantitative estimate of drug-likeness (QED) is 0.449. The maximum atomic E-state index is 9.83. The van der Waals surface area contributed by atoms with Gasteiger partial charge >= 0.3 is 5.43 Å². The average molecular weight is 153 g/mol. The SMILES string of the molecule is C=C(C)SOC(=O)Cl. The monoisotopic (exact) mass is 152 g/mol. The van der Waals surface area contributed by atoms with Crippen LogP contribution in [0.5, 0.6) is 0 Å². The second kappa shape index (κ2) is 3.80. The summed E-state index contributed by atoms with van der Waals surface area (Å²) in [5.74, 6) is 0. The van der Waals surface area contributed by atoms with E-state index in [0.29, 0.717) is 4.91 Å². The Kier molecular flexibility index (Phi) is 3.73. The van der Waals surface area contributed by atoms with Crippen molar-refractivity contribution in [2.75, 3.05) is 0 Å². The van der Waals surface area contributed by atoms with Crippen molar-refractivity contribution >= 4 is 29.1 Å². The Morgan fingerprint density at radius 1 is 1.88 bits per heavy atom. The fraction of sp³-hybridized carbons (Fsp3) is 0.250. The van der Waals surface area contributed by atoms with Gasteiger partial charge in [0.25, 0.3) is 0 Å². The lowest BCUT2D eigenvalue weighted by Gasteiger charge is -1.92. The van der Waals surface area contributed by atoms with Gasteiger partial charge in [0.1, 0.15) is 0 Å². The first-order chi connectivity index (χ1) is 3.63. The van der Waals surface area contributed by atoms with Crippen molar-refractivity contribution in [3.8, 4) is 0 Å². The van der Waals surface area contributed by atoms with E-state index < -0.39 is 5.43 Å². The van der Waals surface area contributed by atoms with E-state index in [9.17, 15) is 4.79 Å². The Morgan fingerprint density at radius 3 is 2.50 bits per heavy atom. The number of rotatable bonds is 2. The van der Waals surface area contributed by atoms with E-state index in [2.05, 4.69) is 10.8 Å². The van der Waals surface area contributed by atoms with Crippen LogP contribution in [0.1, 0.15) is 6.92 Å². The first kappa shape index (κ1) is 7.85. The lowest BCUT2D eigenvalue weighted by molar-refractivity contribution is 0.233. The van der Waals surface area contributed by atoms with Crippen LogP contribution in [0.3, 0.4) is 0 Å². The highest BCUT2D eigenvalue weighted by Crippen LogP contribution is 2.14. The van der Waals surface area contributed by atoms with Gasteiger partial charge in [-0.05, 0) is 6.92 Å². The summed E-state index contributed by atoms with van der Waals surface area (Å²) < 4.78 is 4.25. The largest absolute Gasteiger partial charge is 0.416 e. The van der Waals surface area contributed by atoms with Gasteiger partial charge in [-0.2, -0.15) is 0 Å². The molecular formula is C4H5ClO2S. The molecule has 0 radical (unpaired) electrons. The zero-order valence-electron chi connectivity index (χ0n) is 4.31. The zero-order valence-corrected chi connectivity index (χ0v) is 5.88. The van der Waals surface area contributed by atoms with Crippen LogP contribution in [-0.4, -0.2) is 5.43 Å². The van der Waals surface area contributed by atoms with Crippen LogP contribution in [0.2, 0.25) is 0 Å². The Labute approximate surface area is 57.1 Å². The van der Waals surface area contributed by atoms with E-state index in [4.69, 9.17) is 11.6 Å². The van der Waals surface area contributed by atoms with Gasteiger partial charge in [0, 0.05) is 16.5 Å². The summed E-state index contributed by atoms with van der Waals surface area (Å²) in [6, 6.07) is 0. The van der Waals surface area contributed by atoms with Crippen molar-refractivity contribution in [3.05, 3.63) is 11.5 Å². The molecule has 0 saturated heterocycles. The van der Waals surface area contributed by atoms with Crippen LogP contribution in [-0.2, 0) is 4.18 Å². The van der Waals surface area contributed by atoms with Crippen LogP contribution in [0.25, 0.3) is 0 Å². The van der Waals surface area contributed by atoms with Gasteiger partial charge in [-0.15, -0.1) is 0 Å². The van der Waals surface area contributed by atoms with Crippen LogP contribution < -0.4 is 0 Å². The van der Waals surface area contributed by atoms with Crippen LogP contribution >= 0.6 is 23.6 Å². The van der Waals surface area contributed by atoms with Crippen molar-refractivity contribution in [2.45, 2.75) is 6.92 Å². The minimum absolute atomic E-state index is 0.694. The Balaban J connectivity index is 3.18. The summed E-state index contributed by atoms with van der Waals surface area (Å²) in [6.45, 7) is 5.17. The second-order valence-electron chi connectivity index (χ2n) is 1.11. The van der Waals surface area contributed by atoms with E-state index in [-0.39, 0.29) is 0 Å². The Hall–Kier alpha value is -0.150. The summed E-state index contributed by atoms with van der Waals surface area (Å²) in [6.07, 6.45) is 0. The van der Waals surface area contributed by atoms with Gasteiger partial charge in [0.05, 0.1) is 12.0 Å². The van der Waals surface area contributed by atoms with Crippen LogP contribution in [0, 0.1) is 0 Å². The minimum Gasteiger partial charge on any atom is -0.374 e. The minimum atomic E-state index is -0.821. The number of carbonyl (C=O) groups is 1. The van der Waals surface area contributed by atoms with Gasteiger partial charge in [0.15, 0.2) is 0 Å². The third-order valence-corrected chi connectivity index (χ3v) is 0.937. The number of allylic oxidation sites excluding steroid dienone is 1. The third kappa shape index (κ3) is 5.85. The molecular weight excluding hydrogens is 148 g/mol. The molecule has 0 aliphatic carbocycles. The molecule has 0 rings (SSSR count). The fourth-order valence-electron chi connectivity index (χ4n) is 0.104. The van der Waals surface area contributed by atoms with Crippen molar-refractivity contribution < 1.29 is 8.98 Å². The first-order valence-electron chi connectivity index (χ1n) is 1.82.